The molecule has 1 amide bonds. The molecule has 1 heterocycles. The molecule has 1 atom stereocenters. The largest absolute Gasteiger partial charge is 0.307 e. The van der Waals surface area contributed by atoms with E-state index < -0.39 is 39.2 Å². The first-order valence-corrected chi connectivity index (χ1v) is 8.42. The summed E-state index contributed by atoms with van der Waals surface area (Å²) < 4.78 is 50.0. The van der Waals surface area contributed by atoms with E-state index in [9.17, 15) is 22.0 Å². The molecule has 0 radical (unpaired) electrons. The number of amides is 1. The summed E-state index contributed by atoms with van der Waals surface area (Å²) in [4.78, 5) is 12.8. The lowest BCUT2D eigenvalue weighted by molar-refractivity contribution is -0.117. The van der Waals surface area contributed by atoms with Gasteiger partial charge in [-0.2, -0.15) is 0 Å². The van der Waals surface area contributed by atoms with Crippen LogP contribution in [0.3, 0.4) is 0 Å². The quantitative estimate of drug-likeness (QED) is 0.753. The number of carbonyl (C=O) groups excluding carboxylic acids is 1. The SMILES string of the molecule is NS(=O)(=O)CC1CC(=O)N(c2c(F)cc(I)cc2F)C1. The number of benzene rings is 1. The van der Waals surface area contributed by atoms with Crippen molar-refractivity contribution < 1.29 is 22.0 Å². The summed E-state index contributed by atoms with van der Waals surface area (Å²) in [7, 11) is -3.73. The van der Waals surface area contributed by atoms with Crippen molar-refractivity contribution >= 4 is 44.2 Å². The third kappa shape index (κ3) is 3.44. The van der Waals surface area contributed by atoms with Crippen LogP contribution >= 0.6 is 22.6 Å². The number of carbonyl (C=O) groups is 1. The molecule has 1 aromatic rings. The molecule has 1 saturated heterocycles. The number of anilines is 1. The van der Waals surface area contributed by atoms with Gasteiger partial charge >= 0.3 is 0 Å². The van der Waals surface area contributed by atoms with Crippen LogP contribution in [-0.4, -0.2) is 26.6 Å². The zero-order valence-electron chi connectivity index (χ0n) is 10.1. The lowest BCUT2D eigenvalue weighted by Gasteiger charge is -2.18. The standard InChI is InChI=1S/C11H11F2IN2O3S/c12-8-2-7(14)3-9(13)11(8)16-4-6(1-10(16)17)5-20(15,18)19/h2-3,6H,1,4-5H2,(H2,15,18,19). The van der Waals surface area contributed by atoms with Gasteiger partial charge in [0.25, 0.3) is 0 Å². The minimum atomic E-state index is -3.73. The van der Waals surface area contributed by atoms with Crippen molar-refractivity contribution in [3.05, 3.63) is 27.3 Å². The van der Waals surface area contributed by atoms with E-state index in [1.807, 2.05) is 0 Å². The number of hydrogen-bond acceptors (Lipinski definition) is 3. The summed E-state index contributed by atoms with van der Waals surface area (Å²) in [6, 6.07) is 2.22. The van der Waals surface area contributed by atoms with Crippen molar-refractivity contribution in [2.75, 3.05) is 17.2 Å². The van der Waals surface area contributed by atoms with Gasteiger partial charge in [0.2, 0.25) is 15.9 Å². The highest BCUT2D eigenvalue weighted by Crippen LogP contribution is 2.31. The van der Waals surface area contributed by atoms with Crippen LogP contribution in [0.25, 0.3) is 0 Å². The molecule has 1 unspecified atom stereocenters. The van der Waals surface area contributed by atoms with Gasteiger partial charge in [0.05, 0.1) is 5.75 Å². The predicted molar refractivity (Wildman–Crippen MR) is 77.5 cm³/mol. The molecule has 0 spiro atoms. The Kier molecular flexibility index (Phi) is 4.30. The Hall–Kier alpha value is -0.810. The fraction of sp³-hybridized carbons (Fsp3) is 0.364. The van der Waals surface area contributed by atoms with E-state index in [1.165, 1.54) is 0 Å². The van der Waals surface area contributed by atoms with Crippen LogP contribution in [0.15, 0.2) is 12.1 Å². The minimum Gasteiger partial charge on any atom is -0.307 e. The number of sulfonamides is 1. The second-order valence-electron chi connectivity index (χ2n) is 4.62. The van der Waals surface area contributed by atoms with Gasteiger partial charge in [0, 0.05) is 22.5 Å². The van der Waals surface area contributed by atoms with Gasteiger partial charge < -0.3 is 4.90 Å². The van der Waals surface area contributed by atoms with Crippen LogP contribution in [0, 0.1) is 21.1 Å². The smallest absolute Gasteiger partial charge is 0.227 e. The summed E-state index contributed by atoms with van der Waals surface area (Å²) in [6.07, 6.45) is -0.0959. The molecule has 2 N–H and O–H groups in total. The van der Waals surface area contributed by atoms with Gasteiger partial charge in [-0.05, 0) is 34.7 Å². The number of nitrogens with two attached hydrogens (primary N) is 1. The topological polar surface area (TPSA) is 80.5 Å². The van der Waals surface area contributed by atoms with Crippen molar-refractivity contribution in [1.29, 1.82) is 0 Å². The Balaban J connectivity index is 2.29. The molecule has 9 heteroatoms. The normalized spacial score (nSPS) is 19.7. The molecule has 110 valence electrons. The fourth-order valence-electron chi connectivity index (χ4n) is 2.23. The second-order valence-corrected chi connectivity index (χ2v) is 7.53. The van der Waals surface area contributed by atoms with Crippen LogP contribution in [0.5, 0.6) is 0 Å². The Bertz CT molecular complexity index is 643. The third-order valence-corrected chi connectivity index (χ3v) is 4.48. The van der Waals surface area contributed by atoms with Crippen molar-refractivity contribution in [1.82, 2.24) is 0 Å². The van der Waals surface area contributed by atoms with Crippen LogP contribution in [0.1, 0.15) is 6.42 Å². The average molecular weight is 416 g/mol. The Morgan fingerprint density at radius 3 is 2.40 bits per heavy atom. The summed E-state index contributed by atoms with van der Waals surface area (Å²) in [5.74, 6) is -3.16. The lowest BCUT2D eigenvalue weighted by atomic mass is 10.1. The van der Waals surface area contributed by atoms with Gasteiger partial charge in [-0.15, -0.1) is 0 Å². The minimum absolute atomic E-state index is 0.0658. The molecule has 1 aliphatic heterocycles. The van der Waals surface area contributed by atoms with E-state index in [0.29, 0.717) is 3.57 Å². The van der Waals surface area contributed by atoms with Gasteiger partial charge in [-0.3, -0.25) is 4.79 Å². The number of nitrogens with zero attached hydrogens (tertiary/aromatic N) is 1. The summed E-state index contributed by atoms with van der Waals surface area (Å²) in [5, 5.41) is 4.92. The first-order chi connectivity index (χ1) is 9.17. The first kappa shape index (κ1) is 15.6. The number of hydrogen-bond donors (Lipinski definition) is 1. The van der Waals surface area contributed by atoms with Crippen LogP contribution in [0.2, 0.25) is 0 Å². The Labute approximate surface area is 128 Å². The molecular weight excluding hydrogens is 405 g/mol. The van der Waals surface area contributed by atoms with Gasteiger partial charge in [0.15, 0.2) is 11.6 Å². The first-order valence-electron chi connectivity index (χ1n) is 5.63. The van der Waals surface area contributed by atoms with Crippen molar-refractivity contribution in [2.24, 2.45) is 11.1 Å². The summed E-state index contributed by atoms with van der Waals surface area (Å²) in [6.45, 7) is -0.0658. The van der Waals surface area contributed by atoms with Crippen molar-refractivity contribution in [3.8, 4) is 0 Å². The van der Waals surface area contributed by atoms with Crippen molar-refractivity contribution in [2.45, 2.75) is 6.42 Å². The van der Waals surface area contributed by atoms with E-state index in [-0.39, 0.29) is 18.7 Å². The van der Waals surface area contributed by atoms with Gasteiger partial charge in [0.1, 0.15) is 5.69 Å². The van der Waals surface area contributed by atoms with Crippen molar-refractivity contribution in [3.63, 3.8) is 0 Å². The molecule has 2 rings (SSSR count). The highest BCUT2D eigenvalue weighted by Gasteiger charge is 2.35. The monoisotopic (exact) mass is 416 g/mol. The maximum absolute atomic E-state index is 13.8. The summed E-state index contributed by atoms with van der Waals surface area (Å²) >= 11 is 1.76. The van der Waals surface area contributed by atoms with Crippen LogP contribution in [-0.2, 0) is 14.8 Å². The molecule has 0 saturated carbocycles. The van der Waals surface area contributed by atoms with Gasteiger partial charge in [-0.25, -0.2) is 22.3 Å². The van der Waals surface area contributed by atoms with E-state index in [1.54, 1.807) is 22.6 Å². The number of rotatable bonds is 3. The molecule has 1 fully saturated rings. The third-order valence-electron chi connectivity index (χ3n) is 2.92. The zero-order chi connectivity index (χ0) is 15.1. The Morgan fingerprint density at radius 1 is 1.35 bits per heavy atom. The second kappa shape index (κ2) is 5.53. The molecule has 1 aromatic carbocycles. The van der Waals surface area contributed by atoms with E-state index in [4.69, 9.17) is 5.14 Å². The van der Waals surface area contributed by atoms with Crippen LogP contribution in [0.4, 0.5) is 14.5 Å². The summed E-state index contributed by atoms with van der Waals surface area (Å²) in [5.41, 5.74) is -0.438. The predicted octanol–water partition coefficient (Wildman–Crippen LogP) is 1.21. The van der Waals surface area contributed by atoms with E-state index in [2.05, 4.69) is 0 Å². The average Bonchev–Trinajstić information content (AvgIpc) is 2.55. The molecule has 1 aliphatic rings. The maximum Gasteiger partial charge on any atom is 0.227 e. The van der Waals surface area contributed by atoms with Gasteiger partial charge in [-0.1, -0.05) is 0 Å². The molecule has 20 heavy (non-hydrogen) atoms. The molecule has 5 nitrogen and oxygen atoms in total. The highest BCUT2D eigenvalue weighted by atomic mass is 127. The van der Waals surface area contributed by atoms with E-state index >= 15 is 0 Å². The zero-order valence-corrected chi connectivity index (χ0v) is 13.1. The molecular formula is C11H11F2IN2O3S. The highest BCUT2D eigenvalue weighted by molar-refractivity contribution is 14.1. The Morgan fingerprint density at radius 2 is 1.90 bits per heavy atom. The molecule has 0 aromatic heterocycles. The van der Waals surface area contributed by atoms with E-state index in [0.717, 1.165) is 17.0 Å². The lowest BCUT2D eigenvalue weighted by Crippen LogP contribution is -2.29. The fourth-order valence-corrected chi connectivity index (χ4v) is 3.66. The number of primary sulfonamides is 1. The molecule has 0 bridgehead atoms. The van der Waals surface area contributed by atoms with Crippen LogP contribution < -0.4 is 10.0 Å². The maximum atomic E-state index is 13.8. The number of halogens is 3. The molecule has 0 aliphatic carbocycles.